The molecule has 6 nitrogen and oxygen atoms in total. The zero-order valence-corrected chi connectivity index (χ0v) is 16.8. The molecule has 4 heterocycles. The van der Waals surface area contributed by atoms with Crippen LogP contribution < -0.4 is 10.6 Å². The molecular weight excluding hydrogens is 370 g/mol. The number of rotatable bonds is 3. The van der Waals surface area contributed by atoms with Gasteiger partial charge in [-0.2, -0.15) is 0 Å². The standard InChI is InChI=1S/C21H21N5OS/c1-12-18(13(2)26-8-7-22-20(27)19(12)26)17-5-6-23-21(25-17)24-16-4-3-14-10-28-11-15(14)9-16/h3-6,9H,7-8,10-11H2,1-2H3,(H,22,27)(H,23,24,25)/p+1. The highest BCUT2D eigenvalue weighted by Gasteiger charge is 2.26. The Balaban J connectivity index is 1.51. The van der Waals surface area contributed by atoms with Crippen molar-refractivity contribution in [2.75, 3.05) is 11.9 Å². The highest BCUT2D eigenvalue weighted by atomic mass is 32.2. The molecule has 28 heavy (non-hydrogen) atoms. The molecule has 2 aliphatic rings. The second-order valence-electron chi connectivity index (χ2n) is 7.26. The summed E-state index contributed by atoms with van der Waals surface area (Å²) >= 11 is 1.47. The molecule has 1 amide bonds. The predicted octanol–water partition coefficient (Wildman–Crippen LogP) is 2.88. The average Bonchev–Trinajstić information content (AvgIpc) is 3.25. The highest BCUT2D eigenvalue weighted by Crippen LogP contribution is 2.32. The van der Waals surface area contributed by atoms with Crippen molar-refractivity contribution in [1.82, 2.24) is 19.9 Å². The molecular formula is C21H22N5OS+. The van der Waals surface area contributed by atoms with Crippen LogP contribution in [0.25, 0.3) is 11.3 Å². The van der Waals surface area contributed by atoms with Crippen LogP contribution in [0.3, 0.4) is 0 Å². The van der Waals surface area contributed by atoms with Crippen LogP contribution in [0.1, 0.15) is 32.9 Å². The second kappa shape index (κ2) is 6.67. The van der Waals surface area contributed by atoms with Crippen molar-refractivity contribution >= 4 is 29.3 Å². The lowest BCUT2D eigenvalue weighted by Crippen LogP contribution is -2.35. The number of nitrogens with zero attached hydrogens (tertiary/aromatic N) is 3. The summed E-state index contributed by atoms with van der Waals surface area (Å²) in [6.07, 6.45) is 1.77. The third-order valence-electron chi connectivity index (χ3n) is 5.54. The molecule has 7 heteroatoms. The van der Waals surface area contributed by atoms with Crippen molar-refractivity contribution in [2.45, 2.75) is 31.9 Å². The molecule has 0 saturated heterocycles. The van der Waals surface area contributed by atoms with Crippen LogP contribution in [-0.4, -0.2) is 27.0 Å². The van der Waals surface area contributed by atoms with Crippen molar-refractivity contribution < 1.29 is 4.79 Å². The van der Waals surface area contributed by atoms with Crippen LogP contribution in [0, 0.1) is 13.8 Å². The van der Waals surface area contributed by atoms with E-state index in [-0.39, 0.29) is 5.91 Å². The number of carbonyl (C=O) groups is 1. The number of benzene rings is 1. The van der Waals surface area contributed by atoms with E-state index in [0.29, 0.717) is 12.5 Å². The van der Waals surface area contributed by atoms with Crippen molar-refractivity contribution in [3.63, 3.8) is 0 Å². The summed E-state index contributed by atoms with van der Waals surface area (Å²) in [5.41, 5.74) is 8.49. The molecule has 2 aliphatic heterocycles. The van der Waals surface area contributed by atoms with E-state index in [1.54, 1.807) is 6.20 Å². The van der Waals surface area contributed by atoms with Gasteiger partial charge in [0.05, 0.1) is 5.69 Å². The third kappa shape index (κ3) is 2.77. The van der Waals surface area contributed by atoms with E-state index >= 15 is 0 Å². The zero-order valence-electron chi connectivity index (χ0n) is 15.9. The summed E-state index contributed by atoms with van der Waals surface area (Å²) in [7, 11) is 0. The van der Waals surface area contributed by atoms with E-state index < -0.39 is 0 Å². The largest absolute Gasteiger partial charge is 0.349 e. The lowest BCUT2D eigenvalue weighted by molar-refractivity contribution is 0.0926. The van der Waals surface area contributed by atoms with E-state index in [9.17, 15) is 4.79 Å². The highest BCUT2D eigenvalue weighted by molar-refractivity contribution is 7.77. The molecule has 0 unspecified atom stereocenters. The van der Waals surface area contributed by atoms with Gasteiger partial charge in [-0.15, -0.1) is 0 Å². The second-order valence-corrected chi connectivity index (χ2v) is 8.34. The molecule has 0 aliphatic carbocycles. The van der Waals surface area contributed by atoms with Gasteiger partial charge in [-0.25, -0.2) is 9.97 Å². The van der Waals surface area contributed by atoms with Crippen molar-refractivity contribution in [2.24, 2.45) is 0 Å². The van der Waals surface area contributed by atoms with Gasteiger partial charge in [-0.05, 0) is 49.4 Å². The molecule has 5 rings (SSSR count). The van der Waals surface area contributed by atoms with Gasteiger partial charge in [-0.1, -0.05) is 6.07 Å². The number of carbonyl (C=O) groups excluding carboxylic acids is 1. The van der Waals surface area contributed by atoms with E-state index in [4.69, 9.17) is 4.98 Å². The lowest BCUT2D eigenvalue weighted by Gasteiger charge is -2.17. The summed E-state index contributed by atoms with van der Waals surface area (Å²) in [5, 5.41) is 6.27. The first-order valence-corrected chi connectivity index (χ1v) is 10.7. The number of fused-ring (bicyclic) bond motifs is 2. The molecule has 2 aromatic heterocycles. The fraction of sp³-hybridized carbons (Fsp3) is 0.286. The minimum Gasteiger partial charge on any atom is -0.349 e. The Morgan fingerprint density at radius 3 is 2.89 bits per heavy atom. The first-order valence-electron chi connectivity index (χ1n) is 9.45. The minimum atomic E-state index is -0.0112. The number of anilines is 2. The maximum atomic E-state index is 12.3. The van der Waals surface area contributed by atoms with Crippen LogP contribution >= 0.6 is 0 Å². The molecule has 142 valence electrons. The van der Waals surface area contributed by atoms with E-state index in [1.165, 1.54) is 22.9 Å². The van der Waals surface area contributed by atoms with Crippen molar-refractivity contribution in [3.8, 4) is 11.3 Å². The molecule has 3 aromatic rings. The van der Waals surface area contributed by atoms with Crippen molar-refractivity contribution in [3.05, 3.63) is 58.5 Å². The van der Waals surface area contributed by atoms with Gasteiger partial charge in [0.15, 0.2) is 0 Å². The number of aromatic nitrogens is 3. The summed E-state index contributed by atoms with van der Waals surface area (Å²) in [6, 6.07) is 8.39. The van der Waals surface area contributed by atoms with Crippen LogP contribution in [-0.2, 0) is 29.8 Å². The van der Waals surface area contributed by atoms with Crippen LogP contribution in [0.5, 0.6) is 0 Å². The Morgan fingerprint density at radius 1 is 1.18 bits per heavy atom. The lowest BCUT2D eigenvalue weighted by atomic mass is 10.1. The summed E-state index contributed by atoms with van der Waals surface area (Å²) < 4.78 is 2.10. The van der Waals surface area contributed by atoms with Gasteiger partial charge >= 0.3 is 0 Å². The molecule has 0 atom stereocenters. The molecule has 2 N–H and O–H groups in total. The quantitative estimate of drug-likeness (QED) is 0.531. The van der Waals surface area contributed by atoms with Crippen LogP contribution in [0.2, 0.25) is 0 Å². The number of amides is 1. The van der Waals surface area contributed by atoms with Gasteiger partial charge < -0.3 is 15.2 Å². The molecule has 0 spiro atoms. The van der Waals surface area contributed by atoms with Gasteiger partial charge in [0.25, 0.3) is 5.91 Å². The zero-order chi connectivity index (χ0) is 19.3. The first-order chi connectivity index (χ1) is 13.6. The van der Waals surface area contributed by atoms with Gasteiger partial charge in [-0.3, -0.25) is 4.79 Å². The number of thiol groups is 1. The summed E-state index contributed by atoms with van der Waals surface area (Å²) in [6.45, 7) is 5.50. The van der Waals surface area contributed by atoms with Crippen LogP contribution in [0.15, 0.2) is 30.5 Å². The Labute approximate surface area is 167 Å². The molecule has 0 fully saturated rings. The minimum absolute atomic E-state index is 0.0112. The monoisotopic (exact) mass is 392 g/mol. The normalized spacial score (nSPS) is 15.1. The van der Waals surface area contributed by atoms with E-state index in [1.807, 2.05) is 13.0 Å². The Morgan fingerprint density at radius 2 is 2.04 bits per heavy atom. The van der Waals surface area contributed by atoms with Crippen molar-refractivity contribution in [1.29, 1.82) is 0 Å². The number of hydrogen-bond donors (Lipinski definition) is 2. The van der Waals surface area contributed by atoms with Gasteiger partial charge in [0.1, 0.15) is 17.2 Å². The maximum absolute atomic E-state index is 12.3. The summed E-state index contributed by atoms with van der Waals surface area (Å²) in [4.78, 5) is 21.5. The fourth-order valence-corrected chi connectivity index (χ4v) is 5.40. The maximum Gasteiger partial charge on any atom is 0.268 e. The Hall–Kier alpha value is -2.80. The first kappa shape index (κ1) is 17.3. The average molecular weight is 393 g/mol. The molecule has 0 saturated carbocycles. The third-order valence-corrected chi connectivity index (χ3v) is 6.67. The number of hydrogen-bond acceptors (Lipinski definition) is 4. The predicted molar refractivity (Wildman–Crippen MR) is 113 cm³/mol. The van der Waals surface area contributed by atoms with Gasteiger partial charge in [0.2, 0.25) is 5.95 Å². The van der Waals surface area contributed by atoms with E-state index in [2.05, 4.69) is 45.3 Å². The van der Waals surface area contributed by atoms with Gasteiger partial charge in [0, 0.05) is 47.4 Å². The van der Waals surface area contributed by atoms with Crippen LogP contribution in [0.4, 0.5) is 11.6 Å². The molecule has 1 aromatic carbocycles. The Bertz CT molecular complexity index is 1100. The summed E-state index contributed by atoms with van der Waals surface area (Å²) in [5.74, 6) is 2.82. The fourth-order valence-electron chi connectivity index (χ4n) is 4.20. The number of nitrogens with one attached hydrogen (secondary N) is 2. The SMILES string of the molecule is Cc1c(-c2ccnc(Nc3ccc4c(c3)C[SH+]C4)n2)c(C)n2c1C(=O)NCC2. The molecule has 0 bridgehead atoms. The topological polar surface area (TPSA) is 71.8 Å². The smallest absolute Gasteiger partial charge is 0.268 e. The Kier molecular flexibility index (Phi) is 4.12. The molecule has 0 radical (unpaired) electrons. The van der Waals surface area contributed by atoms with E-state index in [0.717, 1.165) is 51.9 Å².